The van der Waals surface area contributed by atoms with Crippen molar-refractivity contribution in [3.63, 3.8) is 0 Å². The number of rotatable bonds is 2. The minimum atomic E-state index is -1.68. The molecule has 1 amide bonds. The molecule has 1 heterocycles. The van der Waals surface area contributed by atoms with E-state index in [0.29, 0.717) is 0 Å². The lowest BCUT2D eigenvalue weighted by Crippen LogP contribution is -2.67. The Morgan fingerprint density at radius 3 is 2.31 bits per heavy atom. The Kier molecular flexibility index (Phi) is 4.19. The van der Waals surface area contributed by atoms with E-state index in [1.54, 1.807) is 0 Å². The number of hydrogen-bond donors (Lipinski definition) is 6. The summed E-state index contributed by atoms with van der Waals surface area (Å²) < 4.78 is 1.18. The highest BCUT2D eigenvalue weighted by molar-refractivity contribution is 5.73. The Morgan fingerprint density at radius 2 is 1.88 bits per heavy atom. The van der Waals surface area contributed by atoms with Crippen LogP contribution in [0, 0.1) is 0 Å². The first-order valence-electron chi connectivity index (χ1n) is 4.73. The molecule has 1 saturated heterocycles. The summed E-state index contributed by atoms with van der Waals surface area (Å²) >= 11 is 0. The molecule has 0 unspecified atom stereocenters. The van der Waals surface area contributed by atoms with Crippen LogP contribution in [-0.2, 0) is 9.31 Å². The molecular weight excluding hydrogens is 222 g/mol. The van der Waals surface area contributed by atoms with Crippen LogP contribution < -0.4 is 5.32 Å². The third-order valence-corrected chi connectivity index (χ3v) is 2.51. The van der Waals surface area contributed by atoms with Gasteiger partial charge in [-0.15, -0.1) is 5.26 Å². The van der Waals surface area contributed by atoms with Gasteiger partial charge in [-0.05, 0) is 0 Å². The third kappa shape index (κ3) is 2.32. The van der Waals surface area contributed by atoms with Crippen molar-refractivity contribution in [1.29, 1.82) is 0 Å². The van der Waals surface area contributed by atoms with Crippen molar-refractivity contribution < 1.29 is 35.0 Å². The smallest absolute Gasteiger partial charge is 0.324 e. The zero-order chi connectivity index (χ0) is 12.5. The first-order chi connectivity index (χ1) is 7.40. The molecule has 0 aromatic carbocycles. The summed E-state index contributed by atoms with van der Waals surface area (Å²) in [5.74, 6) is -0.535. The zero-order valence-corrected chi connectivity index (χ0v) is 8.65. The largest absolute Gasteiger partial charge is 0.388 e. The van der Waals surface area contributed by atoms with E-state index in [2.05, 4.69) is 5.32 Å². The maximum absolute atomic E-state index is 10.8. The monoisotopic (exact) mass is 238 g/mol. The maximum atomic E-state index is 10.8. The van der Waals surface area contributed by atoms with Crippen molar-refractivity contribution in [2.75, 3.05) is 6.61 Å². The van der Waals surface area contributed by atoms with Crippen LogP contribution in [0.4, 0.5) is 0 Å². The van der Waals surface area contributed by atoms with Crippen molar-refractivity contribution in [1.82, 2.24) is 5.32 Å². The number of carbonyl (C=O) groups excluding carboxylic acids is 1. The Hall–Kier alpha value is -0.770. The van der Waals surface area contributed by atoms with E-state index in [9.17, 15) is 25.4 Å². The van der Waals surface area contributed by atoms with Crippen molar-refractivity contribution in [3.05, 3.63) is 0 Å². The lowest BCUT2D eigenvalue weighted by molar-refractivity contribution is -0.551. The van der Waals surface area contributed by atoms with Crippen LogP contribution in [0.2, 0.25) is 0 Å². The number of carbonyl (C=O) groups is 1. The van der Waals surface area contributed by atoms with Gasteiger partial charge in [0.05, 0.1) is 0 Å². The predicted octanol–water partition coefficient (Wildman–Crippen LogP) is -3.07. The Bertz CT molecular complexity index is 245. The minimum absolute atomic E-state index is 0.535. The Labute approximate surface area is 91.3 Å². The molecule has 0 aromatic rings. The first-order valence-corrected chi connectivity index (χ1v) is 4.73. The van der Waals surface area contributed by atoms with Crippen LogP contribution in [0.1, 0.15) is 6.92 Å². The van der Waals surface area contributed by atoms with Crippen LogP contribution in [0.5, 0.6) is 0 Å². The fourth-order valence-electron chi connectivity index (χ4n) is 1.65. The van der Waals surface area contributed by atoms with Crippen LogP contribution in [0.25, 0.3) is 0 Å². The molecule has 1 fully saturated rings. The number of aliphatic hydroxyl groups excluding tert-OH is 4. The van der Waals surface area contributed by atoms with Gasteiger partial charge in [-0.2, -0.15) is 0 Å². The molecule has 94 valence electrons. The summed E-state index contributed by atoms with van der Waals surface area (Å²) in [5.41, 5.74) is 0. The molecule has 8 heteroatoms. The Morgan fingerprint density at radius 1 is 1.31 bits per heavy atom. The van der Waals surface area contributed by atoms with Crippen LogP contribution >= 0.6 is 0 Å². The second-order valence-electron chi connectivity index (χ2n) is 3.67. The van der Waals surface area contributed by atoms with Gasteiger partial charge in [0, 0.05) is 6.92 Å². The van der Waals surface area contributed by atoms with Crippen molar-refractivity contribution in [3.8, 4) is 0 Å². The minimum Gasteiger partial charge on any atom is -0.388 e. The molecule has 0 saturated carbocycles. The van der Waals surface area contributed by atoms with Gasteiger partial charge in [-0.3, -0.25) is 4.79 Å². The molecule has 0 bridgehead atoms. The van der Waals surface area contributed by atoms with Crippen molar-refractivity contribution in [2.24, 2.45) is 0 Å². The second kappa shape index (κ2) is 5.04. The van der Waals surface area contributed by atoms with E-state index in [1.165, 1.54) is 4.52 Å². The standard InChI is InChI=1S/C8H15NO7/c1-3(11)9-5-7(13)6(12)4(2-10)16(15)8(5)14/h4-8,10,12-15H,2H2,1H3/p+1/t4-,5-,6-,7-,8+/m1/s1. The second-order valence-corrected chi connectivity index (χ2v) is 3.67. The Balaban J connectivity index is 2.84. The molecule has 0 radical (unpaired) electrons. The van der Waals surface area contributed by atoms with Gasteiger partial charge in [0.1, 0.15) is 12.7 Å². The van der Waals surface area contributed by atoms with Gasteiger partial charge >= 0.3 is 6.29 Å². The topological polar surface area (TPSA) is 133 Å². The van der Waals surface area contributed by atoms with E-state index >= 15 is 0 Å². The number of hydrogen-bond acceptors (Lipinski definition) is 6. The van der Waals surface area contributed by atoms with Gasteiger partial charge in [0.15, 0.2) is 12.1 Å². The fourth-order valence-corrected chi connectivity index (χ4v) is 1.65. The molecule has 0 aliphatic carbocycles. The molecule has 1 aliphatic heterocycles. The summed E-state index contributed by atoms with van der Waals surface area (Å²) in [4.78, 5) is 10.8. The molecule has 5 atom stereocenters. The lowest BCUT2D eigenvalue weighted by Gasteiger charge is -2.38. The average molecular weight is 238 g/mol. The number of aliphatic hydroxyl groups is 4. The van der Waals surface area contributed by atoms with Crippen LogP contribution in [-0.4, -0.2) is 68.8 Å². The maximum Gasteiger partial charge on any atom is 0.324 e. The van der Waals surface area contributed by atoms with Gasteiger partial charge in [0.25, 0.3) is 0 Å². The van der Waals surface area contributed by atoms with E-state index in [1.807, 2.05) is 0 Å². The summed E-state index contributed by atoms with van der Waals surface area (Å²) in [7, 11) is 0. The van der Waals surface area contributed by atoms with Gasteiger partial charge in [-0.25, -0.2) is 4.52 Å². The quantitative estimate of drug-likeness (QED) is 0.223. The highest BCUT2D eigenvalue weighted by Crippen LogP contribution is 2.24. The number of nitrogens with one attached hydrogen (secondary N) is 1. The first kappa shape index (κ1) is 13.3. The summed E-state index contributed by atoms with van der Waals surface area (Å²) in [6, 6.07) is -1.26. The summed E-state index contributed by atoms with van der Waals surface area (Å²) in [6.07, 6.45) is -5.97. The van der Waals surface area contributed by atoms with E-state index in [0.717, 1.165) is 6.92 Å². The van der Waals surface area contributed by atoms with E-state index in [4.69, 9.17) is 5.11 Å². The SMILES string of the molecule is CC(=O)N[C@@H]1[C@@H](O)[C@H](O)[C@@H](CO)[O+](O)[C@@H]1O. The number of amides is 1. The normalized spacial score (nSPS) is 40.8. The van der Waals surface area contributed by atoms with Crippen LogP contribution in [0.15, 0.2) is 0 Å². The lowest BCUT2D eigenvalue weighted by atomic mass is 9.97. The third-order valence-electron chi connectivity index (χ3n) is 2.51. The molecule has 16 heavy (non-hydrogen) atoms. The summed E-state index contributed by atoms with van der Waals surface area (Å²) in [5, 5.41) is 49.0. The van der Waals surface area contributed by atoms with Crippen LogP contribution in [0.3, 0.4) is 0 Å². The van der Waals surface area contributed by atoms with Crippen molar-refractivity contribution in [2.45, 2.75) is 37.6 Å². The van der Waals surface area contributed by atoms with E-state index < -0.39 is 43.2 Å². The van der Waals surface area contributed by atoms with Gasteiger partial charge in [0.2, 0.25) is 12.0 Å². The van der Waals surface area contributed by atoms with E-state index in [-0.39, 0.29) is 0 Å². The van der Waals surface area contributed by atoms with Gasteiger partial charge in [-0.1, -0.05) is 0 Å². The molecular formula is C8H16NO7+. The highest BCUT2D eigenvalue weighted by Gasteiger charge is 2.54. The average Bonchev–Trinajstić information content (AvgIpc) is 2.22. The highest BCUT2D eigenvalue weighted by atomic mass is 17.2. The molecule has 1 rings (SSSR count). The van der Waals surface area contributed by atoms with Crippen molar-refractivity contribution >= 4 is 5.91 Å². The molecule has 0 spiro atoms. The molecule has 0 aromatic heterocycles. The molecule has 6 N–H and O–H groups in total. The molecule has 8 nitrogen and oxygen atoms in total. The summed E-state index contributed by atoms with van der Waals surface area (Å²) in [6.45, 7) is 0.486. The fraction of sp³-hybridized carbons (Fsp3) is 0.875. The predicted molar refractivity (Wildman–Crippen MR) is 50.2 cm³/mol. The van der Waals surface area contributed by atoms with Gasteiger partial charge < -0.3 is 25.7 Å². The zero-order valence-electron chi connectivity index (χ0n) is 8.65. The molecule has 1 aliphatic rings.